The third kappa shape index (κ3) is 2.53. The van der Waals surface area contributed by atoms with Crippen LogP contribution in [-0.4, -0.2) is 21.0 Å². The second kappa shape index (κ2) is 5.27. The van der Waals surface area contributed by atoms with E-state index in [-0.39, 0.29) is 12.5 Å². The molecule has 0 unspecified atom stereocenters. The summed E-state index contributed by atoms with van der Waals surface area (Å²) in [5.41, 5.74) is 3.86. The van der Waals surface area contributed by atoms with Crippen molar-refractivity contribution in [3.63, 3.8) is 0 Å². The van der Waals surface area contributed by atoms with Crippen molar-refractivity contribution in [2.45, 2.75) is 26.8 Å². The van der Waals surface area contributed by atoms with Gasteiger partial charge in [0.1, 0.15) is 6.54 Å². The predicted octanol–water partition coefficient (Wildman–Crippen LogP) is 2.90. The zero-order valence-corrected chi connectivity index (χ0v) is 13.6. The summed E-state index contributed by atoms with van der Waals surface area (Å²) in [7, 11) is 0. The molecule has 0 aromatic carbocycles. The molecule has 1 amide bonds. The van der Waals surface area contributed by atoms with Crippen LogP contribution in [0, 0.1) is 13.8 Å². The van der Waals surface area contributed by atoms with E-state index in [1.54, 1.807) is 23.2 Å². The normalized spacial score (nSPS) is 13.7. The molecular formula is C16H14N4O2S. The van der Waals surface area contributed by atoms with Crippen LogP contribution in [0.5, 0.6) is 0 Å². The van der Waals surface area contributed by atoms with E-state index in [2.05, 4.69) is 33.5 Å². The van der Waals surface area contributed by atoms with Crippen LogP contribution in [0.1, 0.15) is 23.0 Å². The maximum atomic E-state index is 12.3. The van der Waals surface area contributed by atoms with E-state index < -0.39 is 0 Å². The van der Waals surface area contributed by atoms with Crippen LogP contribution in [0.2, 0.25) is 0 Å². The number of nitrogens with zero attached hydrogens (tertiary/aromatic N) is 4. The topological polar surface area (TPSA) is 72.1 Å². The number of carbonyl (C=O) groups excluding carboxylic acids is 1. The van der Waals surface area contributed by atoms with Crippen molar-refractivity contribution >= 4 is 22.9 Å². The third-order valence-corrected chi connectivity index (χ3v) is 4.83. The number of hydrogen-bond donors (Lipinski definition) is 0. The molecule has 0 radical (unpaired) electrons. The molecular weight excluding hydrogens is 312 g/mol. The number of hydrogen-bond acceptors (Lipinski definition) is 6. The standard InChI is InChI=1S/C16H14N4O2S/c1-9-3-14(23-8-9)11-4-13-12(17-6-11)5-16(21)20(13)7-15-18-10(2)19-22-15/h3-4,6,8H,5,7H2,1-2H3. The van der Waals surface area contributed by atoms with E-state index in [1.165, 1.54) is 5.56 Å². The Morgan fingerprint density at radius 2 is 2.22 bits per heavy atom. The fourth-order valence-electron chi connectivity index (χ4n) is 2.65. The molecule has 0 saturated heterocycles. The number of aromatic nitrogens is 3. The summed E-state index contributed by atoms with van der Waals surface area (Å²) >= 11 is 1.67. The summed E-state index contributed by atoms with van der Waals surface area (Å²) in [6.45, 7) is 4.10. The summed E-state index contributed by atoms with van der Waals surface area (Å²) in [5.74, 6) is 0.997. The maximum Gasteiger partial charge on any atom is 0.246 e. The van der Waals surface area contributed by atoms with Gasteiger partial charge >= 0.3 is 0 Å². The van der Waals surface area contributed by atoms with Crippen LogP contribution in [-0.2, 0) is 17.8 Å². The number of carbonyl (C=O) groups is 1. The molecule has 1 aliphatic rings. The lowest BCUT2D eigenvalue weighted by molar-refractivity contribution is -0.117. The fraction of sp³-hybridized carbons (Fsp3) is 0.250. The largest absolute Gasteiger partial charge is 0.337 e. The molecule has 3 aromatic heterocycles. The van der Waals surface area contributed by atoms with Crippen LogP contribution in [0.3, 0.4) is 0 Å². The highest BCUT2D eigenvalue weighted by Crippen LogP contribution is 2.34. The van der Waals surface area contributed by atoms with Crippen LogP contribution in [0.25, 0.3) is 10.4 Å². The Labute approximate surface area is 136 Å². The molecule has 0 spiro atoms. The lowest BCUT2D eigenvalue weighted by atomic mass is 10.2. The molecule has 4 rings (SSSR count). The quantitative estimate of drug-likeness (QED) is 0.740. The Kier molecular flexibility index (Phi) is 3.23. The van der Waals surface area contributed by atoms with Gasteiger partial charge < -0.3 is 9.42 Å². The molecule has 4 heterocycles. The molecule has 116 valence electrons. The minimum atomic E-state index is 0.00265. The first-order valence-corrected chi connectivity index (χ1v) is 8.12. The molecule has 0 N–H and O–H groups in total. The van der Waals surface area contributed by atoms with E-state index in [9.17, 15) is 4.79 Å². The van der Waals surface area contributed by atoms with Gasteiger partial charge in [-0.2, -0.15) is 4.98 Å². The molecule has 0 atom stereocenters. The van der Waals surface area contributed by atoms with Gasteiger partial charge in [0.15, 0.2) is 5.82 Å². The molecule has 23 heavy (non-hydrogen) atoms. The van der Waals surface area contributed by atoms with E-state index in [4.69, 9.17) is 4.52 Å². The molecule has 7 heteroatoms. The molecule has 3 aromatic rings. The van der Waals surface area contributed by atoms with Gasteiger partial charge in [-0.25, -0.2) is 0 Å². The Morgan fingerprint density at radius 1 is 1.35 bits per heavy atom. The first kappa shape index (κ1) is 14.1. The summed E-state index contributed by atoms with van der Waals surface area (Å²) in [5, 5.41) is 5.87. The van der Waals surface area contributed by atoms with Crippen LogP contribution < -0.4 is 4.90 Å². The maximum absolute atomic E-state index is 12.3. The lowest BCUT2D eigenvalue weighted by Gasteiger charge is -2.15. The number of aryl methyl sites for hydroxylation is 2. The number of pyridine rings is 1. The van der Waals surface area contributed by atoms with E-state index in [0.29, 0.717) is 18.1 Å². The Bertz CT molecular complexity index is 899. The van der Waals surface area contributed by atoms with E-state index >= 15 is 0 Å². The van der Waals surface area contributed by atoms with Gasteiger partial charge in [0.05, 0.1) is 17.8 Å². The number of fused-ring (bicyclic) bond motifs is 1. The van der Waals surface area contributed by atoms with Crippen molar-refractivity contribution in [1.82, 2.24) is 15.1 Å². The highest BCUT2D eigenvalue weighted by Gasteiger charge is 2.30. The average Bonchev–Trinajstić information content (AvgIpc) is 3.20. The molecule has 0 saturated carbocycles. The van der Waals surface area contributed by atoms with Crippen molar-refractivity contribution in [2.75, 3.05) is 4.90 Å². The SMILES string of the molecule is Cc1csc(-c2cnc3c(c2)N(Cc2nc(C)no2)C(=O)C3)c1. The number of amides is 1. The summed E-state index contributed by atoms with van der Waals surface area (Å²) in [6.07, 6.45) is 2.14. The first-order valence-electron chi connectivity index (χ1n) is 7.24. The summed E-state index contributed by atoms with van der Waals surface area (Å²) in [4.78, 5) is 23.7. The van der Waals surface area contributed by atoms with Crippen molar-refractivity contribution in [3.8, 4) is 10.4 Å². The van der Waals surface area contributed by atoms with Gasteiger partial charge in [-0.3, -0.25) is 9.78 Å². The first-order chi connectivity index (χ1) is 11.1. The molecule has 0 bridgehead atoms. The van der Waals surface area contributed by atoms with Gasteiger partial charge in [0.25, 0.3) is 0 Å². The van der Waals surface area contributed by atoms with Crippen LogP contribution in [0.4, 0.5) is 5.69 Å². The Morgan fingerprint density at radius 3 is 2.91 bits per heavy atom. The predicted molar refractivity (Wildman–Crippen MR) is 86.2 cm³/mol. The highest BCUT2D eigenvalue weighted by molar-refractivity contribution is 7.13. The highest BCUT2D eigenvalue weighted by atomic mass is 32.1. The van der Waals surface area contributed by atoms with Crippen LogP contribution in [0.15, 0.2) is 28.2 Å². The number of rotatable bonds is 3. The van der Waals surface area contributed by atoms with Crippen molar-refractivity contribution in [1.29, 1.82) is 0 Å². The molecule has 0 aliphatic carbocycles. The van der Waals surface area contributed by atoms with Crippen molar-refractivity contribution < 1.29 is 9.32 Å². The van der Waals surface area contributed by atoms with Crippen molar-refractivity contribution in [2.24, 2.45) is 0 Å². The number of thiophene rings is 1. The minimum Gasteiger partial charge on any atom is -0.337 e. The van der Waals surface area contributed by atoms with E-state index in [1.807, 2.05) is 12.3 Å². The zero-order valence-electron chi connectivity index (χ0n) is 12.7. The van der Waals surface area contributed by atoms with Gasteiger partial charge in [0.2, 0.25) is 11.8 Å². The lowest BCUT2D eigenvalue weighted by Crippen LogP contribution is -2.26. The second-order valence-corrected chi connectivity index (χ2v) is 6.48. The van der Waals surface area contributed by atoms with Gasteiger partial charge in [-0.15, -0.1) is 11.3 Å². The summed E-state index contributed by atoms with van der Waals surface area (Å²) < 4.78 is 5.13. The molecule has 1 aliphatic heterocycles. The average molecular weight is 326 g/mol. The Balaban J connectivity index is 1.70. The Hall–Kier alpha value is -2.54. The van der Waals surface area contributed by atoms with Crippen molar-refractivity contribution in [3.05, 3.63) is 46.7 Å². The van der Waals surface area contributed by atoms with Gasteiger partial charge in [-0.1, -0.05) is 5.16 Å². The number of anilines is 1. The van der Waals surface area contributed by atoms with E-state index in [0.717, 1.165) is 21.8 Å². The third-order valence-electron chi connectivity index (χ3n) is 3.74. The molecule has 6 nitrogen and oxygen atoms in total. The van der Waals surface area contributed by atoms with Gasteiger partial charge in [0, 0.05) is 16.6 Å². The molecule has 0 fully saturated rings. The minimum absolute atomic E-state index is 0.00265. The summed E-state index contributed by atoms with van der Waals surface area (Å²) in [6, 6.07) is 4.14. The van der Waals surface area contributed by atoms with Crippen LogP contribution >= 0.6 is 11.3 Å². The monoisotopic (exact) mass is 326 g/mol. The zero-order chi connectivity index (χ0) is 16.0. The fourth-order valence-corrected chi connectivity index (χ4v) is 3.54. The smallest absolute Gasteiger partial charge is 0.246 e. The second-order valence-electron chi connectivity index (χ2n) is 5.57. The van der Waals surface area contributed by atoms with Gasteiger partial charge in [-0.05, 0) is 36.9 Å².